The lowest BCUT2D eigenvalue weighted by Gasteiger charge is -2.39. The summed E-state index contributed by atoms with van der Waals surface area (Å²) in [6.45, 7) is 6.76. The Morgan fingerprint density at radius 2 is 2.00 bits per heavy atom. The van der Waals surface area contributed by atoms with Gasteiger partial charge in [-0.05, 0) is 33.3 Å². The van der Waals surface area contributed by atoms with Gasteiger partial charge in [-0.3, -0.25) is 0 Å². The second kappa shape index (κ2) is 3.60. The number of ether oxygens (including phenoxy) is 2. The molecule has 1 unspecified atom stereocenters. The van der Waals surface area contributed by atoms with Gasteiger partial charge in [0.15, 0.2) is 0 Å². The summed E-state index contributed by atoms with van der Waals surface area (Å²) in [7, 11) is 0. The molecule has 0 aromatic carbocycles. The lowest BCUT2D eigenvalue weighted by Crippen LogP contribution is -2.47. The summed E-state index contributed by atoms with van der Waals surface area (Å²) >= 11 is 0. The summed E-state index contributed by atoms with van der Waals surface area (Å²) in [6.07, 6.45) is 1.40. The summed E-state index contributed by atoms with van der Waals surface area (Å²) in [5.74, 6) is -1.10. The van der Waals surface area contributed by atoms with Gasteiger partial charge in [-0.15, -0.1) is 0 Å². The van der Waals surface area contributed by atoms with E-state index in [1.54, 1.807) is 20.8 Å². The molecule has 5 heteroatoms. The van der Waals surface area contributed by atoms with Crippen LogP contribution in [-0.2, 0) is 19.1 Å². The Kier molecular flexibility index (Phi) is 2.54. The molecule has 0 amide bonds. The third kappa shape index (κ3) is 1.39. The van der Waals surface area contributed by atoms with Crippen molar-refractivity contribution in [2.75, 3.05) is 6.61 Å². The quantitative estimate of drug-likeness (QED) is 0.436. The SMILES string of the molecule is CC1=CC(=O)OC1(C)[C@]1(C)COC(=O)/C1=C(/C)O. The monoisotopic (exact) mass is 252 g/mol. The fraction of sp³-hybridized carbons (Fsp3) is 0.538. The van der Waals surface area contributed by atoms with Gasteiger partial charge >= 0.3 is 11.9 Å². The van der Waals surface area contributed by atoms with Crippen molar-refractivity contribution in [3.8, 4) is 0 Å². The van der Waals surface area contributed by atoms with E-state index in [4.69, 9.17) is 9.47 Å². The number of carbonyl (C=O) groups is 2. The molecule has 0 aromatic heterocycles. The lowest BCUT2D eigenvalue weighted by atomic mass is 9.67. The largest absolute Gasteiger partial charge is 0.512 e. The molecular weight excluding hydrogens is 236 g/mol. The number of aliphatic hydroxyl groups excluding tert-OH is 1. The maximum absolute atomic E-state index is 11.7. The van der Waals surface area contributed by atoms with E-state index in [0.29, 0.717) is 5.57 Å². The van der Waals surface area contributed by atoms with Crippen molar-refractivity contribution in [2.45, 2.75) is 33.3 Å². The van der Waals surface area contributed by atoms with Gasteiger partial charge in [0.1, 0.15) is 18.0 Å². The van der Waals surface area contributed by atoms with Crippen LogP contribution < -0.4 is 0 Å². The highest BCUT2D eigenvalue weighted by Crippen LogP contribution is 2.51. The average molecular weight is 252 g/mol. The van der Waals surface area contributed by atoms with Crippen LogP contribution in [-0.4, -0.2) is 29.3 Å². The first-order chi connectivity index (χ1) is 8.22. The van der Waals surface area contributed by atoms with Crippen molar-refractivity contribution in [3.05, 3.63) is 23.0 Å². The third-order valence-electron chi connectivity index (χ3n) is 4.05. The van der Waals surface area contributed by atoms with Crippen molar-refractivity contribution < 1.29 is 24.2 Å². The van der Waals surface area contributed by atoms with E-state index < -0.39 is 23.0 Å². The molecule has 2 atom stereocenters. The minimum Gasteiger partial charge on any atom is -0.512 e. The molecule has 1 saturated heterocycles. The second-order valence-corrected chi connectivity index (χ2v) is 5.15. The van der Waals surface area contributed by atoms with E-state index in [9.17, 15) is 14.7 Å². The normalized spacial score (nSPS) is 38.3. The first-order valence-corrected chi connectivity index (χ1v) is 5.71. The highest BCUT2D eigenvalue weighted by molar-refractivity contribution is 5.94. The van der Waals surface area contributed by atoms with E-state index in [0.717, 1.165) is 0 Å². The minimum atomic E-state index is -0.977. The predicted molar refractivity (Wildman–Crippen MR) is 62.6 cm³/mol. The lowest BCUT2D eigenvalue weighted by molar-refractivity contribution is -0.153. The predicted octanol–water partition coefficient (Wildman–Crippen LogP) is 1.64. The number of hydrogen-bond acceptors (Lipinski definition) is 5. The second-order valence-electron chi connectivity index (χ2n) is 5.15. The Hall–Kier alpha value is -1.78. The van der Waals surface area contributed by atoms with Gasteiger partial charge in [-0.1, -0.05) is 0 Å². The Bertz CT molecular complexity index is 498. The standard InChI is InChI=1S/C13H16O5/c1-7-5-9(15)18-13(7,4)12(3)6-17-11(16)10(12)8(2)14/h5,14H,6H2,1-4H3/b10-8+/t12-,13?/m1/s1. The molecule has 0 bridgehead atoms. The number of esters is 2. The summed E-state index contributed by atoms with van der Waals surface area (Å²) in [6, 6.07) is 0. The average Bonchev–Trinajstić information content (AvgIpc) is 2.68. The van der Waals surface area contributed by atoms with Crippen LogP contribution in [0.2, 0.25) is 0 Å². The van der Waals surface area contributed by atoms with Crippen LogP contribution in [0.4, 0.5) is 0 Å². The molecule has 2 rings (SSSR count). The third-order valence-corrected chi connectivity index (χ3v) is 4.05. The summed E-state index contributed by atoms with van der Waals surface area (Å²) in [5, 5.41) is 9.70. The maximum Gasteiger partial charge on any atom is 0.338 e. The fourth-order valence-corrected chi connectivity index (χ4v) is 2.68. The topological polar surface area (TPSA) is 72.8 Å². The molecule has 0 spiro atoms. The van der Waals surface area contributed by atoms with E-state index >= 15 is 0 Å². The Morgan fingerprint density at radius 1 is 1.39 bits per heavy atom. The highest BCUT2D eigenvalue weighted by Gasteiger charge is 2.60. The van der Waals surface area contributed by atoms with Crippen molar-refractivity contribution in [1.29, 1.82) is 0 Å². The fourth-order valence-electron chi connectivity index (χ4n) is 2.68. The molecular formula is C13H16O5. The number of hydrogen-bond donors (Lipinski definition) is 1. The molecule has 2 heterocycles. The van der Waals surface area contributed by atoms with Gasteiger partial charge in [-0.25, -0.2) is 9.59 Å². The van der Waals surface area contributed by atoms with Crippen LogP contribution in [0.5, 0.6) is 0 Å². The summed E-state index contributed by atoms with van der Waals surface area (Å²) in [5.41, 5.74) is -0.967. The van der Waals surface area contributed by atoms with Crippen molar-refractivity contribution in [3.63, 3.8) is 0 Å². The van der Waals surface area contributed by atoms with Crippen LogP contribution in [0, 0.1) is 5.41 Å². The molecule has 18 heavy (non-hydrogen) atoms. The van der Waals surface area contributed by atoms with Gasteiger partial charge < -0.3 is 14.6 Å². The smallest absolute Gasteiger partial charge is 0.338 e. The van der Waals surface area contributed by atoms with Crippen molar-refractivity contribution >= 4 is 11.9 Å². The minimum absolute atomic E-state index is 0.0774. The first-order valence-electron chi connectivity index (χ1n) is 5.71. The first kappa shape index (κ1) is 12.7. The van der Waals surface area contributed by atoms with Gasteiger partial charge in [-0.2, -0.15) is 0 Å². The molecule has 0 saturated carbocycles. The van der Waals surface area contributed by atoms with Gasteiger partial charge in [0.25, 0.3) is 0 Å². The number of cyclic esters (lactones) is 2. The zero-order chi connectivity index (χ0) is 13.7. The zero-order valence-electron chi connectivity index (χ0n) is 10.9. The Morgan fingerprint density at radius 3 is 2.44 bits per heavy atom. The Labute approximate surface area is 105 Å². The molecule has 0 aliphatic carbocycles. The van der Waals surface area contributed by atoms with Crippen LogP contribution in [0.1, 0.15) is 27.7 Å². The van der Waals surface area contributed by atoms with Gasteiger partial charge in [0.05, 0.1) is 11.0 Å². The van der Waals surface area contributed by atoms with Crippen LogP contribution in [0.25, 0.3) is 0 Å². The van der Waals surface area contributed by atoms with Gasteiger partial charge in [0, 0.05) is 6.08 Å². The summed E-state index contributed by atoms with van der Waals surface area (Å²) in [4.78, 5) is 23.1. The molecule has 98 valence electrons. The zero-order valence-corrected chi connectivity index (χ0v) is 10.9. The molecule has 0 radical (unpaired) electrons. The number of allylic oxidation sites excluding steroid dienone is 1. The highest BCUT2D eigenvalue weighted by atomic mass is 16.6. The van der Waals surface area contributed by atoms with Crippen molar-refractivity contribution in [1.82, 2.24) is 0 Å². The number of rotatable bonds is 1. The maximum atomic E-state index is 11.7. The summed E-state index contributed by atoms with van der Waals surface area (Å²) < 4.78 is 10.4. The van der Waals surface area contributed by atoms with Crippen molar-refractivity contribution in [2.24, 2.45) is 5.41 Å². The molecule has 2 aliphatic heterocycles. The molecule has 0 aromatic rings. The van der Waals surface area contributed by atoms with Crippen LogP contribution in [0.3, 0.4) is 0 Å². The van der Waals surface area contributed by atoms with Crippen LogP contribution in [0.15, 0.2) is 23.0 Å². The van der Waals surface area contributed by atoms with E-state index in [2.05, 4.69) is 0 Å². The Balaban J connectivity index is 2.57. The molecule has 1 fully saturated rings. The molecule has 2 aliphatic rings. The van der Waals surface area contributed by atoms with E-state index in [-0.39, 0.29) is 17.9 Å². The van der Waals surface area contributed by atoms with Crippen LogP contribution >= 0.6 is 0 Å². The molecule has 5 nitrogen and oxygen atoms in total. The van der Waals surface area contributed by atoms with E-state index in [1.165, 1.54) is 13.0 Å². The number of carbonyl (C=O) groups excluding carboxylic acids is 2. The van der Waals surface area contributed by atoms with Gasteiger partial charge in [0.2, 0.25) is 0 Å². The number of aliphatic hydroxyl groups is 1. The molecule has 1 N–H and O–H groups in total. The van der Waals surface area contributed by atoms with E-state index in [1.807, 2.05) is 0 Å².